The van der Waals surface area contributed by atoms with Crippen LogP contribution in [-0.2, 0) is 16.1 Å². The number of amides is 2. The SMILES string of the molecule is O=C(NCc1cccs1)C1CC(=O)N(c2ccc3c(c2)OCCO3)C1. The average Bonchev–Trinajstić information content (AvgIpc) is 3.29. The number of thiophene rings is 1. The lowest BCUT2D eigenvalue weighted by atomic mass is 10.1. The molecule has 2 aliphatic rings. The highest BCUT2D eigenvalue weighted by Gasteiger charge is 2.35. The topological polar surface area (TPSA) is 67.9 Å². The summed E-state index contributed by atoms with van der Waals surface area (Å²) < 4.78 is 11.1. The van der Waals surface area contributed by atoms with Gasteiger partial charge in [-0.25, -0.2) is 0 Å². The van der Waals surface area contributed by atoms with Crippen LogP contribution in [0.1, 0.15) is 11.3 Å². The Morgan fingerprint density at radius 2 is 2.08 bits per heavy atom. The van der Waals surface area contributed by atoms with Crippen molar-refractivity contribution in [1.29, 1.82) is 0 Å². The molecule has 7 heteroatoms. The molecule has 1 unspecified atom stereocenters. The van der Waals surface area contributed by atoms with Gasteiger partial charge >= 0.3 is 0 Å². The van der Waals surface area contributed by atoms with E-state index in [1.807, 2.05) is 23.6 Å². The van der Waals surface area contributed by atoms with E-state index in [9.17, 15) is 9.59 Å². The molecule has 1 atom stereocenters. The Bertz CT molecular complexity index is 790. The van der Waals surface area contributed by atoms with Gasteiger partial charge in [0.05, 0.1) is 12.5 Å². The highest BCUT2D eigenvalue weighted by Crippen LogP contribution is 2.35. The van der Waals surface area contributed by atoms with Crippen LogP contribution < -0.4 is 19.7 Å². The van der Waals surface area contributed by atoms with Gasteiger partial charge in [-0.2, -0.15) is 0 Å². The number of benzene rings is 1. The highest BCUT2D eigenvalue weighted by atomic mass is 32.1. The van der Waals surface area contributed by atoms with Gasteiger partial charge in [0.15, 0.2) is 11.5 Å². The lowest BCUT2D eigenvalue weighted by molar-refractivity contribution is -0.126. The molecule has 1 N–H and O–H groups in total. The van der Waals surface area contributed by atoms with Crippen LogP contribution in [0.5, 0.6) is 11.5 Å². The van der Waals surface area contributed by atoms with Gasteiger partial charge in [0.25, 0.3) is 0 Å². The zero-order valence-electron chi connectivity index (χ0n) is 13.6. The van der Waals surface area contributed by atoms with Crippen molar-refractivity contribution in [2.24, 2.45) is 5.92 Å². The first-order chi connectivity index (χ1) is 12.2. The quantitative estimate of drug-likeness (QED) is 0.910. The molecular weight excluding hydrogens is 340 g/mol. The summed E-state index contributed by atoms with van der Waals surface area (Å²) in [6, 6.07) is 9.37. The summed E-state index contributed by atoms with van der Waals surface area (Å²) in [6.07, 6.45) is 0.227. The molecule has 2 amide bonds. The Hall–Kier alpha value is -2.54. The number of nitrogens with zero attached hydrogens (tertiary/aromatic N) is 1. The number of ether oxygens (including phenoxy) is 2. The molecule has 0 spiro atoms. The summed E-state index contributed by atoms with van der Waals surface area (Å²) >= 11 is 1.60. The van der Waals surface area contributed by atoms with Crippen LogP contribution >= 0.6 is 11.3 Å². The Kier molecular flexibility index (Phi) is 4.31. The third kappa shape index (κ3) is 3.32. The predicted octanol–water partition coefficient (Wildman–Crippen LogP) is 2.19. The third-order valence-electron chi connectivity index (χ3n) is 4.35. The van der Waals surface area contributed by atoms with E-state index in [1.165, 1.54) is 0 Å². The monoisotopic (exact) mass is 358 g/mol. The molecule has 0 bridgehead atoms. The average molecular weight is 358 g/mol. The van der Waals surface area contributed by atoms with E-state index < -0.39 is 0 Å². The summed E-state index contributed by atoms with van der Waals surface area (Å²) in [6.45, 7) is 1.92. The van der Waals surface area contributed by atoms with E-state index in [-0.39, 0.29) is 24.2 Å². The van der Waals surface area contributed by atoms with Crippen LogP contribution in [0.2, 0.25) is 0 Å². The predicted molar refractivity (Wildman–Crippen MR) is 94.1 cm³/mol. The fourth-order valence-electron chi connectivity index (χ4n) is 3.06. The fraction of sp³-hybridized carbons (Fsp3) is 0.333. The Balaban J connectivity index is 1.42. The first-order valence-electron chi connectivity index (χ1n) is 8.21. The minimum atomic E-state index is -0.333. The van der Waals surface area contributed by atoms with Gasteiger partial charge in [-0.1, -0.05) is 6.07 Å². The maximum Gasteiger partial charge on any atom is 0.227 e. The van der Waals surface area contributed by atoms with E-state index in [0.717, 1.165) is 10.6 Å². The van der Waals surface area contributed by atoms with Crippen LogP contribution in [0.15, 0.2) is 35.7 Å². The molecule has 3 heterocycles. The molecule has 0 radical (unpaired) electrons. The van der Waals surface area contributed by atoms with Gasteiger partial charge in [-0.15, -0.1) is 11.3 Å². The van der Waals surface area contributed by atoms with E-state index in [0.29, 0.717) is 37.8 Å². The first kappa shape index (κ1) is 16.0. The minimum Gasteiger partial charge on any atom is -0.486 e. The van der Waals surface area contributed by atoms with Crippen molar-refractivity contribution in [3.8, 4) is 11.5 Å². The number of fused-ring (bicyclic) bond motifs is 1. The molecular formula is C18H18N2O4S. The number of carbonyl (C=O) groups is 2. The largest absolute Gasteiger partial charge is 0.486 e. The maximum atomic E-state index is 12.4. The van der Waals surface area contributed by atoms with Crippen molar-refractivity contribution >= 4 is 28.8 Å². The smallest absolute Gasteiger partial charge is 0.227 e. The molecule has 6 nitrogen and oxygen atoms in total. The number of anilines is 1. The zero-order chi connectivity index (χ0) is 17.2. The Labute approximate surface area is 149 Å². The van der Waals surface area contributed by atoms with Crippen molar-refractivity contribution in [3.05, 3.63) is 40.6 Å². The molecule has 1 aromatic heterocycles. The molecule has 1 fully saturated rings. The number of rotatable bonds is 4. The Morgan fingerprint density at radius 3 is 2.88 bits per heavy atom. The fourth-order valence-corrected chi connectivity index (χ4v) is 3.71. The molecule has 1 aromatic carbocycles. The highest BCUT2D eigenvalue weighted by molar-refractivity contribution is 7.09. The number of hydrogen-bond donors (Lipinski definition) is 1. The second-order valence-electron chi connectivity index (χ2n) is 6.03. The summed E-state index contributed by atoms with van der Waals surface area (Å²) in [4.78, 5) is 27.5. The summed E-state index contributed by atoms with van der Waals surface area (Å²) in [7, 11) is 0. The van der Waals surface area contributed by atoms with Crippen molar-refractivity contribution in [3.63, 3.8) is 0 Å². The molecule has 130 valence electrons. The van der Waals surface area contributed by atoms with E-state index in [2.05, 4.69) is 5.32 Å². The van der Waals surface area contributed by atoms with Gasteiger partial charge in [-0.3, -0.25) is 9.59 Å². The van der Waals surface area contributed by atoms with Crippen molar-refractivity contribution < 1.29 is 19.1 Å². The standard InChI is InChI=1S/C18H18N2O4S/c21-17-8-12(18(22)19-10-14-2-1-7-25-14)11-20(17)13-3-4-15-16(9-13)24-6-5-23-15/h1-4,7,9,12H,5-6,8,10-11H2,(H,19,22). The van der Waals surface area contributed by atoms with Gasteiger partial charge in [0.1, 0.15) is 13.2 Å². The van der Waals surface area contributed by atoms with E-state index in [1.54, 1.807) is 28.4 Å². The lowest BCUT2D eigenvalue weighted by Gasteiger charge is -2.22. The number of hydrogen-bond acceptors (Lipinski definition) is 5. The molecule has 1 saturated heterocycles. The van der Waals surface area contributed by atoms with E-state index in [4.69, 9.17) is 9.47 Å². The van der Waals surface area contributed by atoms with Crippen LogP contribution in [0, 0.1) is 5.92 Å². The lowest BCUT2D eigenvalue weighted by Crippen LogP contribution is -2.32. The van der Waals surface area contributed by atoms with Crippen LogP contribution in [0.25, 0.3) is 0 Å². The second kappa shape index (κ2) is 6.76. The number of nitrogens with one attached hydrogen (secondary N) is 1. The summed E-state index contributed by atoms with van der Waals surface area (Å²) in [5, 5.41) is 4.89. The van der Waals surface area contributed by atoms with Gasteiger partial charge in [0, 0.05) is 29.6 Å². The van der Waals surface area contributed by atoms with Crippen molar-refractivity contribution in [1.82, 2.24) is 5.32 Å². The van der Waals surface area contributed by atoms with Gasteiger partial charge in [0.2, 0.25) is 11.8 Å². The molecule has 0 saturated carbocycles. The first-order valence-corrected chi connectivity index (χ1v) is 9.09. The Morgan fingerprint density at radius 1 is 1.24 bits per heavy atom. The van der Waals surface area contributed by atoms with Crippen LogP contribution in [0.3, 0.4) is 0 Å². The third-order valence-corrected chi connectivity index (χ3v) is 5.23. The molecule has 25 heavy (non-hydrogen) atoms. The minimum absolute atomic E-state index is 0.0482. The molecule has 4 rings (SSSR count). The second-order valence-corrected chi connectivity index (χ2v) is 7.06. The zero-order valence-corrected chi connectivity index (χ0v) is 14.4. The molecule has 2 aliphatic heterocycles. The van der Waals surface area contributed by atoms with Crippen LogP contribution in [-0.4, -0.2) is 31.6 Å². The molecule has 2 aromatic rings. The van der Waals surface area contributed by atoms with E-state index >= 15 is 0 Å². The normalized spacial score (nSPS) is 19.1. The van der Waals surface area contributed by atoms with Gasteiger partial charge in [-0.05, 0) is 23.6 Å². The summed E-state index contributed by atoms with van der Waals surface area (Å²) in [5.74, 6) is 0.865. The van der Waals surface area contributed by atoms with Crippen molar-refractivity contribution in [2.45, 2.75) is 13.0 Å². The molecule has 0 aliphatic carbocycles. The van der Waals surface area contributed by atoms with Crippen molar-refractivity contribution in [2.75, 3.05) is 24.7 Å². The van der Waals surface area contributed by atoms with Gasteiger partial charge < -0.3 is 19.7 Å². The van der Waals surface area contributed by atoms with Crippen LogP contribution in [0.4, 0.5) is 5.69 Å². The summed E-state index contributed by atoms with van der Waals surface area (Å²) in [5.41, 5.74) is 0.739. The number of carbonyl (C=O) groups excluding carboxylic acids is 2. The maximum absolute atomic E-state index is 12.4.